The number of benzene rings is 2. The third kappa shape index (κ3) is 3.72. The van der Waals surface area contributed by atoms with Crippen molar-refractivity contribution in [3.8, 4) is 0 Å². The van der Waals surface area contributed by atoms with Gasteiger partial charge in [-0.2, -0.15) is 4.98 Å². The van der Waals surface area contributed by atoms with Crippen LogP contribution in [0.2, 0.25) is 0 Å². The number of carbonyl (C=O) groups excluding carboxylic acids is 1. The van der Waals surface area contributed by atoms with Crippen molar-refractivity contribution in [3.63, 3.8) is 0 Å². The smallest absolute Gasteiger partial charge is 0.249 e. The summed E-state index contributed by atoms with van der Waals surface area (Å²) in [5.74, 6) is 0.669. The number of aryl methyl sites for hydroxylation is 1. The molecule has 0 bridgehead atoms. The van der Waals surface area contributed by atoms with Crippen molar-refractivity contribution < 1.29 is 4.79 Å². The van der Waals surface area contributed by atoms with Gasteiger partial charge in [0.1, 0.15) is 5.82 Å². The number of primary amides is 1. The first kappa shape index (κ1) is 17.2. The van der Waals surface area contributed by atoms with E-state index in [2.05, 4.69) is 15.3 Å². The molecule has 7 heteroatoms. The fraction of sp³-hybridized carbons (Fsp3) is 0.105. The standard InChI is InChI=1S/C19H20N6O/c1-12-3-6-14(11-16(12)18(21)26)23-19-22-10-9-17(24-19)25(2)15-7-4-13(20)5-8-15/h3-11H,20H2,1-2H3,(H2,21,26)(H,22,23,24). The number of aromatic nitrogens is 2. The normalized spacial score (nSPS) is 10.4. The molecule has 0 fully saturated rings. The lowest BCUT2D eigenvalue weighted by molar-refractivity contribution is 0.0999. The molecule has 26 heavy (non-hydrogen) atoms. The lowest BCUT2D eigenvalue weighted by Gasteiger charge is -2.19. The predicted molar refractivity (Wildman–Crippen MR) is 104 cm³/mol. The fourth-order valence-electron chi connectivity index (χ4n) is 2.52. The zero-order chi connectivity index (χ0) is 18.7. The van der Waals surface area contributed by atoms with E-state index in [0.717, 1.165) is 17.1 Å². The van der Waals surface area contributed by atoms with E-state index < -0.39 is 5.91 Å². The molecule has 0 aliphatic heterocycles. The van der Waals surface area contributed by atoms with Crippen LogP contribution in [0.4, 0.5) is 28.8 Å². The number of amides is 1. The topological polar surface area (TPSA) is 110 Å². The van der Waals surface area contributed by atoms with Crippen LogP contribution in [0.1, 0.15) is 15.9 Å². The van der Waals surface area contributed by atoms with Gasteiger partial charge in [-0.15, -0.1) is 0 Å². The van der Waals surface area contributed by atoms with Gasteiger partial charge in [0, 0.05) is 35.9 Å². The number of nitrogens with two attached hydrogens (primary N) is 2. The van der Waals surface area contributed by atoms with E-state index >= 15 is 0 Å². The average molecular weight is 348 g/mol. The fourth-order valence-corrected chi connectivity index (χ4v) is 2.52. The molecular weight excluding hydrogens is 328 g/mol. The van der Waals surface area contributed by atoms with Crippen LogP contribution in [-0.2, 0) is 0 Å². The Bertz CT molecular complexity index is 939. The third-order valence-electron chi connectivity index (χ3n) is 4.02. The van der Waals surface area contributed by atoms with Crippen molar-refractivity contribution in [3.05, 3.63) is 65.9 Å². The molecule has 2 aromatic carbocycles. The molecular formula is C19H20N6O. The Labute approximate surface area is 151 Å². The summed E-state index contributed by atoms with van der Waals surface area (Å²) in [5.41, 5.74) is 14.8. The second-order valence-corrected chi connectivity index (χ2v) is 5.91. The van der Waals surface area contributed by atoms with Crippen LogP contribution >= 0.6 is 0 Å². The highest BCUT2D eigenvalue weighted by Crippen LogP contribution is 2.24. The Morgan fingerprint density at radius 3 is 2.54 bits per heavy atom. The van der Waals surface area contributed by atoms with Crippen molar-refractivity contribution in [1.29, 1.82) is 0 Å². The van der Waals surface area contributed by atoms with Gasteiger partial charge in [-0.3, -0.25) is 4.79 Å². The average Bonchev–Trinajstić information content (AvgIpc) is 2.63. The predicted octanol–water partition coefficient (Wildman–Crippen LogP) is 2.98. The van der Waals surface area contributed by atoms with E-state index in [1.54, 1.807) is 12.3 Å². The molecule has 7 nitrogen and oxygen atoms in total. The van der Waals surface area contributed by atoms with Gasteiger partial charge < -0.3 is 21.7 Å². The Morgan fingerprint density at radius 1 is 1.12 bits per heavy atom. The first-order valence-electron chi connectivity index (χ1n) is 8.04. The molecule has 132 valence electrons. The minimum absolute atomic E-state index is 0.420. The van der Waals surface area contributed by atoms with Gasteiger partial charge in [0.2, 0.25) is 11.9 Å². The van der Waals surface area contributed by atoms with Crippen LogP contribution in [0.15, 0.2) is 54.7 Å². The summed E-state index contributed by atoms with van der Waals surface area (Å²) in [6.45, 7) is 1.84. The SMILES string of the molecule is Cc1ccc(Nc2nccc(N(C)c3ccc(N)cc3)n2)cc1C(N)=O. The zero-order valence-electron chi connectivity index (χ0n) is 14.6. The van der Waals surface area contributed by atoms with Gasteiger partial charge in [-0.1, -0.05) is 6.07 Å². The second kappa shape index (κ2) is 7.10. The molecule has 0 aliphatic rings. The summed E-state index contributed by atoms with van der Waals surface area (Å²) in [5, 5.41) is 3.11. The number of anilines is 5. The quantitative estimate of drug-likeness (QED) is 0.611. The summed E-state index contributed by atoms with van der Waals surface area (Å²) in [4.78, 5) is 22.2. The summed E-state index contributed by atoms with van der Waals surface area (Å²) < 4.78 is 0. The number of nitrogen functional groups attached to an aromatic ring is 1. The molecule has 3 aromatic rings. The Kier molecular flexibility index (Phi) is 4.70. The molecule has 1 aromatic heterocycles. The third-order valence-corrected chi connectivity index (χ3v) is 4.02. The lowest BCUT2D eigenvalue weighted by atomic mass is 10.1. The Balaban J connectivity index is 1.84. The molecule has 0 radical (unpaired) electrons. The van der Waals surface area contributed by atoms with E-state index in [9.17, 15) is 4.79 Å². The minimum Gasteiger partial charge on any atom is -0.399 e. The van der Waals surface area contributed by atoms with Crippen LogP contribution in [0.25, 0.3) is 0 Å². The second-order valence-electron chi connectivity index (χ2n) is 5.91. The molecule has 5 N–H and O–H groups in total. The number of hydrogen-bond acceptors (Lipinski definition) is 6. The van der Waals surface area contributed by atoms with E-state index in [4.69, 9.17) is 11.5 Å². The monoisotopic (exact) mass is 348 g/mol. The number of hydrogen-bond donors (Lipinski definition) is 3. The van der Waals surface area contributed by atoms with Crippen LogP contribution in [-0.4, -0.2) is 22.9 Å². The molecule has 0 saturated heterocycles. The van der Waals surface area contributed by atoms with Crippen LogP contribution in [0.5, 0.6) is 0 Å². The summed E-state index contributed by atoms with van der Waals surface area (Å²) >= 11 is 0. The van der Waals surface area contributed by atoms with E-state index in [-0.39, 0.29) is 0 Å². The lowest BCUT2D eigenvalue weighted by Crippen LogP contribution is -2.13. The van der Waals surface area contributed by atoms with Gasteiger partial charge >= 0.3 is 0 Å². The van der Waals surface area contributed by atoms with Gasteiger partial charge in [0.05, 0.1) is 0 Å². The number of rotatable bonds is 5. The van der Waals surface area contributed by atoms with Gasteiger partial charge in [-0.05, 0) is 55.0 Å². The molecule has 1 heterocycles. The van der Waals surface area contributed by atoms with Crippen molar-refractivity contribution in [2.45, 2.75) is 6.92 Å². The number of nitrogens with zero attached hydrogens (tertiary/aromatic N) is 3. The van der Waals surface area contributed by atoms with Crippen LogP contribution in [0.3, 0.4) is 0 Å². The molecule has 3 rings (SSSR count). The molecule has 0 atom stereocenters. The Hall–Kier alpha value is -3.61. The maximum atomic E-state index is 11.5. The molecule has 0 saturated carbocycles. The minimum atomic E-state index is -0.469. The van der Waals surface area contributed by atoms with Crippen LogP contribution in [0, 0.1) is 6.92 Å². The van der Waals surface area contributed by atoms with E-state index in [1.165, 1.54) is 0 Å². The Morgan fingerprint density at radius 2 is 1.85 bits per heavy atom. The van der Waals surface area contributed by atoms with Crippen LogP contribution < -0.4 is 21.7 Å². The van der Waals surface area contributed by atoms with Gasteiger partial charge in [0.25, 0.3) is 0 Å². The molecule has 0 unspecified atom stereocenters. The molecule has 1 amide bonds. The molecule has 0 aliphatic carbocycles. The van der Waals surface area contributed by atoms with E-state index in [1.807, 2.05) is 61.3 Å². The van der Waals surface area contributed by atoms with Crippen molar-refractivity contribution >= 4 is 34.7 Å². The first-order chi connectivity index (χ1) is 12.4. The zero-order valence-corrected chi connectivity index (χ0v) is 14.6. The van der Waals surface area contributed by atoms with Gasteiger partial charge in [-0.25, -0.2) is 4.98 Å². The highest BCUT2D eigenvalue weighted by molar-refractivity contribution is 5.95. The summed E-state index contributed by atoms with van der Waals surface area (Å²) in [6.07, 6.45) is 1.67. The molecule has 0 spiro atoms. The highest BCUT2D eigenvalue weighted by Gasteiger charge is 2.09. The highest BCUT2D eigenvalue weighted by atomic mass is 16.1. The largest absolute Gasteiger partial charge is 0.399 e. The number of carbonyl (C=O) groups is 1. The van der Waals surface area contributed by atoms with E-state index in [0.29, 0.717) is 22.9 Å². The van der Waals surface area contributed by atoms with Crippen molar-refractivity contribution in [2.24, 2.45) is 5.73 Å². The van der Waals surface area contributed by atoms with Crippen molar-refractivity contribution in [2.75, 3.05) is 23.0 Å². The summed E-state index contributed by atoms with van der Waals surface area (Å²) in [6, 6.07) is 14.7. The maximum absolute atomic E-state index is 11.5. The summed E-state index contributed by atoms with van der Waals surface area (Å²) in [7, 11) is 1.91. The van der Waals surface area contributed by atoms with Gasteiger partial charge in [0.15, 0.2) is 0 Å². The number of nitrogens with one attached hydrogen (secondary N) is 1. The maximum Gasteiger partial charge on any atom is 0.249 e. The van der Waals surface area contributed by atoms with Crippen molar-refractivity contribution in [1.82, 2.24) is 9.97 Å². The first-order valence-corrected chi connectivity index (χ1v) is 8.04.